The Morgan fingerprint density at radius 1 is 1.38 bits per heavy atom. The van der Waals surface area contributed by atoms with Crippen LogP contribution in [0.5, 0.6) is 0 Å². The molecule has 0 atom stereocenters. The van der Waals surface area contributed by atoms with Crippen LogP contribution in [0.15, 0.2) is 24.3 Å². The highest BCUT2D eigenvalue weighted by Crippen LogP contribution is 2.21. The highest BCUT2D eigenvalue weighted by molar-refractivity contribution is 5.97. The Morgan fingerprint density at radius 2 is 2.06 bits per heavy atom. The number of rotatable bonds is 4. The fraction of sp³-hybridized carbons (Fsp3) is 0.364. The van der Waals surface area contributed by atoms with E-state index in [0.29, 0.717) is 5.56 Å². The van der Waals surface area contributed by atoms with Crippen LogP contribution in [-0.4, -0.2) is 25.6 Å². The van der Waals surface area contributed by atoms with Crippen LogP contribution in [0.4, 0.5) is 13.2 Å². The Kier molecular flexibility index (Phi) is 4.06. The molecular weight excluding hydrogens is 219 g/mol. The van der Waals surface area contributed by atoms with Crippen LogP contribution < -0.4 is 5.32 Å². The minimum absolute atomic E-state index is 0.106. The highest BCUT2D eigenvalue weighted by Gasteiger charge is 2.27. The maximum Gasteiger partial charge on any atom is 0.393 e. The van der Waals surface area contributed by atoms with Gasteiger partial charge in [0.05, 0.1) is 13.0 Å². The molecule has 0 unspecified atom stereocenters. The highest BCUT2D eigenvalue weighted by atomic mass is 19.4. The molecule has 0 saturated carbocycles. The van der Waals surface area contributed by atoms with Gasteiger partial charge in [-0.15, -0.1) is 0 Å². The molecule has 1 rings (SSSR count). The summed E-state index contributed by atoms with van der Waals surface area (Å²) in [4.78, 5) is 11.4. The molecular formula is C11H12F3NO. The normalized spacial score (nSPS) is 11.5. The molecule has 16 heavy (non-hydrogen) atoms. The van der Waals surface area contributed by atoms with Gasteiger partial charge in [-0.1, -0.05) is 18.2 Å². The number of Topliss-reactive ketones (excluding diaryl/α,β-unsaturated/α-hetero) is 1. The molecule has 1 aromatic carbocycles. The molecule has 0 aliphatic rings. The fourth-order valence-corrected chi connectivity index (χ4v) is 1.35. The second kappa shape index (κ2) is 5.12. The van der Waals surface area contributed by atoms with Gasteiger partial charge in [-0.25, -0.2) is 0 Å². The summed E-state index contributed by atoms with van der Waals surface area (Å²) in [7, 11) is 1.61. The zero-order chi connectivity index (χ0) is 12.2. The lowest BCUT2D eigenvalue weighted by Crippen LogP contribution is -2.19. The number of carbonyl (C=O) groups excluding carboxylic acids is 1. The second-order valence-corrected chi connectivity index (χ2v) is 3.45. The molecule has 2 nitrogen and oxygen atoms in total. The minimum atomic E-state index is -4.25. The van der Waals surface area contributed by atoms with E-state index < -0.39 is 12.6 Å². The van der Waals surface area contributed by atoms with E-state index in [1.165, 1.54) is 24.3 Å². The Morgan fingerprint density at radius 3 is 2.62 bits per heavy atom. The quantitative estimate of drug-likeness (QED) is 0.805. The predicted octanol–water partition coefficient (Wildman–Crippen LogP) is 2.19. The Hall–Kier alpha value is -1.36. The lowest BCUT2D eigenvalue weighted by atomic mass is 10.1. The number of nitrogens with one attached hydrogen (secondary N) is 1. The smallest absolute Gasteiger partial charge is 0.313 e. The molecule has 0 fully saturated rings. The van der Waals surface area contributed by atoms with Crippen molar-refractivity contribution >= 4 is 5.78 Å². The van der Waals surface area contributed by atoms with Gasteiger partial charge in [-0.2, -0.15) is 13.2 Å². The summed E-state index contributed by atoms with van der Waals surface area (Å²) in [5.41, 5.74) is 0.408. The van der Waals surface area contributed by atoms with E-state index in [4.69, 9.17) is 0 Å². The number of halogens is 3. The monoisotopic (exact) mass is 231 g/mol. The van der Waals surface area contributed by atoms with Crippen LogP contribution in [0.2, 0.25) is 0 Å². The Balaban J connectivity index is 2.83. The summed E-state index contributed by atoms with van der Waals surface area (Å²) in [5.74, 6) is -0.216. The number of hydrogen-bond donors (Lipinski definition) is 1. The first-order chi connectivity index (χ1) is 7.42. The van der Waals surface area contributed by atoms with Gasteiger partial charge >= 0.3 is 6.18 Å². The topological polar surface area (TPSA) is 29.1 Å². The van der Waals surface area contributed by atoms with Gasteiger partial charge in [-0.3, -0.25) is 4.79 Å². The van der Waals surface area contributed by atoms with Gasteiger partial charge < -0.3 is 5.32 Å². The summed E-state index contributed by atoms with van der Waals surface area (Å²) in [6.07, 6.45) is -5.25. The van der Waals surface area contributed by atoms with E-state index in [-0.39, 0.29) is 17.9 Å². The van der Waals surface area contributed by atoms with Crippen molar-refractivity contribution in [2.75, 3.05) is 13.6 Å². The number of ketones is 1. The van der Waals surface area contributed by atoms with Crippen molar-refractivity contribution in [1.29, 1.82) is 0 Å². The molecule has 0 bridgehead atoms. The summed E-state index contributed by atoms with van der Waals surface area (Å²) in [6, 6.07) is 5.63. The second-order valence-electron chi connectivity index (χ2n) is 3.45. The van der Waals surface area contributed by atoms with Crippen LogP contribution in [0.25, 0.3) is 0 Å². The molecule has 0 aliphatic heterocycles. The average molecular weight is 231 g/mol. The van der Waals surface area contributed by atoms with E-state index in [9.17, 15) is 18.0 Å². The van der Waals surface area contributed by atoms with Gasteiger partial charge in [0.1, 0.15) is 0 Å². The molecule has 0 saturated heterocycles. The first kappa shape index (κ1) is 12.7. The van der Waals surface area contributed by atoms with Crippen LogP contribution >= 0.6 is 0 Å². The molecule has 5 heteroatoms. The zero-order valence-electron chi connectivity index (χ0n) is 8.77. The SMILES string of the molecule is CNCC(=O)c1cccc(CC(F)(F)F)c1. The number of carbonyl (C=O) groups is 1. The average Bonchev–Trinajstić information content (AvgIpc) is 2.16. The van der Waals surface area contributed by atoms with Crippen molar-refractivity contribution in [2.45, 2.75) is 12.6 Å². The van der Waals surface area contributed by atoms with Gasteiger partial charge in [0.25, 0.3) is 0 Å². The van der Waals surface area contributed by atoms with Gasteiger partial charge in [0.15, 0.2) is 5.78 Å². The maximum absolute atomic E-state index is 12.1. The van der Waals surface area contributed by atoms with Gasteiger partial charge in [0, 0.05) is 5.56 Å². The van der Waals surface area contributed by atoms with Crippen molar-refractivity contribution < 1.29 is 18.0 Å². The van der Waals surface area contributed by atoms with E-state index >= 15 is 0 Å². The Labute approximate surface area is 91.5 Å². The third-order valence-electron chi connectivity index (χ3n) is 1.99. The molecule has 1 N–H and O–H groups in total. The molecule has 0 aromatic heterocycles. The summed E-state index contributed by atoms with van der Waals surface area (Å²) in [6.45, 7) is 0.121. The Bertz CT molecular complexity index is 374. The zero-order valence-corrected chi connectivity index (χ0v) is 8.77. The number of likely N-dealkylation sites (N-methyl/N-ethyl adjacent to an activating group) is 1. The molecule has 88 valence electrons. The van der Waals surface area contributed by atoms with E-state index in [0.717, 1.165) is 0 Å². The molecule has 1 aromatic rings. The number of benzene rings is 1. The number of alkyl halides is 3. The summed E-state index contributed by atoms with van der Waals surface area (Å²) in [5, 5.41) is 2.66. The molecule has 0 radical (unpaired) electrons. The van der Waals surface area contributed by atoms with Crippen LogP contribution in [0.1, 0.15) is 15.9 Å². The molecule has 0 aliphatic carbocycles. The molecule has 0 spiro atoms. The lowest BCUT2D eigenvalue weighted by Gasteiger charge is -2.07. The van der Waals surface area contributed by atoms with Crippen LogP contribution in [0, 0.1) is 0 Å². The van der Waals surface area contributed by atoms with Gasteiger partial charge in [-0.05, 0) is 18.7 Å². The predicted molar refractivity (Wildman–Crippen MR) is 54.5 cm³/mol. The summed E-state index contributed by atoms with van der Waals surface area (Å²) >= 11 is 0. The first-order valence-corrected chi connectivity index (χ1v) is 4.76. The van der Waals surface area contributed by atoms with Crippen molar-refractivity contribution in [1.82, 2.24) is 5.32 Å². The van der Waals surface area contributed by atoms with E-state index in [1.807, 2.05) is 0 Å². The molecule has 0 heterocycles. The largest absolute Gasteiger partial charge is 0.393 e. The van der Waals surface area contributed by atoms with Crippen molar-refractivity contribution in [3.8, 4) is 0 Å². The van der Waals surface area contributed by atoms with Crippen molar-refractivity contribution in [3.63, 3.8) is 0 Å². The third-order valence-corrected chi connectivity index (χ3v) is 1.99. The number of hydrogen-bond acceptors (Lipinski definition) is 2. The van der Waals surface area contributed by atoms with Gasteiger partial charge in [0.2, 0.25) is 0 Å². The molecule has 0 amide bonds. The minimum Gasteiger partial charge on any atom is -0.313 e. The van der Waals surface area contributed by atoms with Crippen molar-refractivity contribution in [3.05, 3.63) is 35.4 Å². The van der Waals surface area contributed by atoms with Crippen LogP contribution in [0.3, 0.4) is 0 Å². The lowest BCUT2D eigenvalue weighted by molar-refractivity contribution is -0.127. The van der Waals surface area contributed by atoms with E-state index in [1.54, 1.807) is 7.05 Å². The third kappa shape index (κ3) is 4.02. The van der Waals surface area contributed by atoms with E-state index in [2.05, 4.69) is 5.32 Å². The summed E-state index contributed by atoms with van der Waals surface area (Å²) < 4.78 is 36.4. The van der Waals surface area contributed by atoms with Crippen LogP contribution in [-0.2, 0) is 6.42 Å². The van der Waals surface area contributed by atoms with Crippen molar-refractivity contribution in [2.24, 2.45) is 0 Å². The first-order valence-electron chi connectivity index (χ1n) is 4.76. The standard InChI is InChI=1S/C11H12F3NO/c1-15-7-10(16)9-4-2-3-8(5-9)6-11(12,13)14/h2-5,15H,6-7H2,1H3. The fourth-order valence-electron chi connectivity index (χ4n) is 1.35. The maximum atomic E-state index is 12.1.